The van der Waals surface area contributed by atoms with Crippen LogP contribution in [-0.4, -0.2) is 16.7 Å². The van der Waals surface area contributed by atoms with Gasteiger partial charge in [0.2, 0.25) is 0 Å². The first kappa shape index (κ1) is 19.6. The summed E-state index contributed by atoms with van der Waals surface area (Å²) in [6.07, 6.45) is 12.7. The van der Waals surface area contributed by atoms with Gasteiger partial charge in [0.15, 0.2) is 0 Å². The highest BCUT2D eigenvalue weighted by atomic mass is 16.3. The third-order valence-corrected chi connectivity index (χ3v) is 7.35. The van der Waals surface area contributed by atoms with Gasteiger partial charge in [-0.05, 0) is 109 Å². The molecule has 0 amide bonds. The lowest BCUT2D eigenvalue weighted by molar-refractivity contribution is 0.147. The maximum atomic E-state index is 9.67. The van der Waals surface area contributed by atoms with Crippen LogP contribution in [0.3, 0.4) is 0 Å². The summed E-state index contributed by atoms with van der Waals surface area (Å²) >= 11 is 0. The molecule has 2 aliphatic rings. The number of aryl methyl sites for hydroxylation is 3. The minimum atomic E-state index is 0.134. The number of hydrogen-bond donors (Lipinski definition) is 1. The van der Waals surface area contributed by atoms with Crippen molar-refractivity contribution in [3.63, 3.8) is 0 Å². The summed E-state index contributed by atoms with van der Waals surface area (Å²) in [7, 11) is 0. The van der Waals surface area contributed by atoms with Crippen molar-refractivity contribution in [1.82, 2.24) is 4.98 Å². The molecule has 2 aromatic rings. The van der Waals surface area contributed by atoms with Gasteiger partial charge in [-0.15, -0.1) is 0 Å². The maximum absolute atomic E-state index is 9.67. The molecule has 150 valence electrons. The van der Waals surface area contributed by atoms with Gasteiger partial charge in [0.05, 0.1) is 0 Å². The summed E-state index contributed by atoms with van der Waals surface area (Å²) in [6, 6.07) is 11.7. The van der Waals surface area contributed by atoms with E-state index in [1.165, 1.54) is 48.9 Å². The minimum absolute atomic E-state index is 0.134. The minimum Gasteiger partial charge on any atom is -0.396 e. The first-order valence-electron chi connectivity index (χ1n) is 11.2. The van der Waals surface area contributed by atoms with E-state index in [2.05, 4.69) is 49.2 Å². The molecule has 0 saturated heterocycles. The van der Waals surface area contributed by atoms with E-state index in [0.29, 0.717) is 12.5 Å². The van der Waals surface area contributed by atoms with Gasteiger partial charge in [-0.25, -0.2) is 0 Å². The molecule has 4 rings (SSSR count). The summed E-state index contributed by atoms with van der Waals surface area (Å²) in [4.78, 5) is 4.57. The van der Waals surface area contributed by atoms with Crippen LogP contribution in [0, 0.1) is 11.3 Å². The zero-order valence-electron chi connectivity index (χ0n) is 17.6. The third kappa shape index (κ3) is 4.33. The summed E-state index contributed by atoms with van der Waals surface area (Å²) in [5.74, 6) is 1.42. The van der Waals surface area contributed by atoms with Crippen molar-refractivity contribution in [3.05, 3.63) is 64.5 Å². The predicted molar refractivity (Wildman–Crippen MR) is 116 cm³/mol. The third-order valence-electron chi connectivity index (χ3n) is 7.35. The van der Waals surface area contributed by atoms with Crippen molar-refractivity contribution in [2.75, 3.05) is 6.61 Å². The number of aromatic nitrogens is 1. The highest BCUT2D eigenvalue weighted by Crippen LogP contribution is 2.46. The normalized spacial score (nSPS) is 27.0. The van der Waals surface area contributed by atoms with Gasteiger partial charge in [-0.2, -0.15) is 0 Å². The van der Waals surface area contributed by atoms with Crippen molar-refractivity contribution in [2.45, 2.75) is 77.6 Å². The Labute approximate surface area is 170 Å². The fourth-order valence-electron chi connectivity index (χ4n) is 5.34. The Balaban J connectivity index is 1.37. The maximum Gasteiger partial charge on any atom is 0.0484 e. The molecule has 0 bridgehead atoms. The highest BCUT2D eigenvalue weighted by molar-refractivity contribution is 5.36. The highest BCUT2D eigenvalue weighted by Gasteiger charge is 2.35. The first-order chi connectivity index (χ1) is 13.6. The SMILES string of the molecule is CCc1ccnc(CC[C@@H]2CCc3cc([C@H]4CC[C@](C)(CO)C4)ccc3C2)c1. The Bertz CT molecular complexity index is 814. The van der Waals surface area contributed by atoms with Crippen molar-refractivity contribution in [3.8, 4) is 0 Å². The van der Waals surface area contributed by atoms with E-state index in [0.717, 1.165) is 31.6 Å². The summed E-state index contributed by atoms with van der Waals surface area (Å²) in [5.41, 5.74) is 7.45. The topological polar surface area (TPSA) is 33.1 Å². The van der Waals surface area contributed by atoms with Crippen molar-refractivity contribution >= 4 is 0 Å². The number of rotatable bonds is 6. The molecule has 2 nitrogen and oxygen atoms in total. The van der Waals surface area contributed by atoms with Gasteiger partial charge in [0, 0.05) is 18.5 Å². The van der Waals surface area contributed by atoms with Gasteiger partial charge < -0.3 is 5.11 Å². The lowest BCUT2D eigenvalue weighted by atomic mass is 9.79. The molecule has 1 fully saturated rings. The second kappa shape index (κ2) is 8.37. The number of fused-ring (bicyclic) bond motifs is 1. The van der Waals surface area contributed by atoms with Crippen molar-refractivity contribution < 1.29 is 5.11 Å². The lowest BCUT2D eigenvalue weighted by Gasteiger charge is -2.26. The monoisotopic (exact) mass is 377 g/mol. The van der Waals surface area contributed by atoms with Crippen LogP contribution >= 0.6 is 0 Å². The summed E-state index contributed by atoms with van der Waals surface area (Å²) in [5, 5.41) is 9.67. The smallest absolute Gasteiger partial charge is 0.0484 e. The molecule has 0 unspecified atom stereocenters. The zero-order valence-corrected chi connectivity index (χ0v) is 17.6. The number of aliphatic hydroxyl groups is 1. The van der Waals surface area contributed by atoms with Crippen LogP contribution in [0.5, 0.6) is 0 Å². The average molecular weight is 378 g/mol. The fraction of sp³-hybridized carbons (Fsp3) is 0.577. The second-order valence-corrected chi connectivity index (χ2v) is 9.59. The molecule has 1 aromatic heterocycles. The molecule has 1 N–H and O–H groups in total. The van der Waals surface area contributed by atoms with Crippen LogP contribution in [0.15, 0.2) is 36.5 Å². The Kier molecular flexibility index (Phi) is 5.87. The largest absolute Gasteiger partial charge is 0.396 e. The van der Waals surface area contributed by atoms with Gasteiger partial charge in [-0.1, -0.05) is 32.0 Å². The van der Waals surface area contributed by atoms with Crippen LogP contribution < -0.4 is 0 Å². The Morgan fingerprint density at radius 3 is 2.82 bits per heavy atom. The molecule has 2 heteroatoms. The molecular weight excluding hydrogens is 342 g/mol. The van der Waals surface area contributed by atoms with Crippen LogP contribution in [0.1, 0.15) is 79.8 Å². The molecule has 3 atom stereocenters. The van der Waals surface area contributed by atoms with Crippen LogP contribution in [0.2, 0.25) is 0 Å². The van der Waals surface area contributed by atoms with E-state index in [-0.39, 0.29) is 5.41 Å². The number of benzene rings is 1. The summed E-state index contributed by atoms with van der Waals surface area (Å²) < 4.78 is 0. The number of aliphatic hydroxyl groups excluding tert-OH is 1. The second-order valence-electron chi connectivity index (χ2n) is 9.59. The van der Waals surface area contributed by atoms with E-state index in [1.807, 2.05) is 6.20 Å². The fourth-order valence-corrected chi connectivity index (χ4v) is 5.34. The molecule has 1 aromatic carbocycles. The molecule has 0 aliphatic heterocycles. The molecule has 1 heterocycles. The van der Waals surface area contributed by atoms with Gasteiger partial charge in [0.25, 0.3) is 0 Å². The van der Waals surface area contributed by atoms with Crippen molar-refractivity contribution in [2.24, 2.45) is 11.3 Å². The van der Waals surface area contributed by atoms with E-state index in [1.54, 1.807) is 11.1 Å². The Morgan fingerprint density at radius 2 is 2.04 bits per heavy atom. The molecule has 0 spiro atoms. The standard InChI is InChI=1S/C26H35NO/c1-3-19-11-13-27-25(15-19)9-5-20-4-6-22-16-23(8-7-21(22)14-20)24-10-12-26(2,17-24)18-28/h7-8,11,13,15-16,20,24,28H,3-6,9-10,12,14,17-18H2,1-2H3/t20-,24-,26-/m0/s1. The molecule has 2 aliphatic carbocycles. The Hall–Kier alpha value is -1.67. The molecule has 1 saturated carbocycles. The van der Waals surface area contributed by atoms with Crippen molar-refractivity contribution in [1.29, 1.82) is 0 Å². The number of nitrogens with zero attached hydrogens (tertiary/aromatic N) is 1. The molecule has 0 radical (unpaired) electrons. The average Bonchev–Trinajstić information content (AvgIpc) is 3.14. The van der Waals surface area contributed by atoms with Gasteiger partial charge in [0.1, 0.15) is 0 Å². The number of pyridine rings is 1. The summed E-state index contributed by atoms with van der Waals surface area (Å²) in [6.45, 7) is 4.77. The van der Waals surface area contributed by atoms with E-state index >= 15 is 0 Å². The number of hydrogen-bond acceptors (Lipinski definition) is 2. The van der Waals surface area contributed by atoms with Gasteiger partial charge >= 0.3 is 0 Å². The first-order valence-corrected chi connectivity index (χ1v) is 11.2. The quantitative estimate of drug-likeness (QED) is 0.706. The van der Waals surface area contributed by atoms with E-state index in [4.69, 9.17) is 0 Å². The van der Waals surface area contributed by atoms with Crippen LogP contribution in [0.4, 0.5) is 0 Å². The molecular formula is C26H35NO. The van der Waals surface area contributed by atoms with Crippen LogP contribution in [-0.2, 0) is 25.7 Å². The zero-order chi connectivity index (χ0) is 19.6. The predicted octanol–water partition coefficient (Wildman–Crippen LogP) is 5.65. The molecule has 28 heavy (non-hydrogen) atoms. The Morgan fingerprint density at radius 1 is 1.14 bits per heavy atom. The van der Waals surface area contributed by atoms with E-state index < -0.39 is 0 Å². The van der Waals surface area contributed by atoms with Crippen LogP contribution in [0.25, 0.3) is 0 Å². The van der Waals surface area contributed by atoms with E-state index in [9.17, 15) is 5.11 Å². The lowest BCUT2D eigenvalue weighted by Crippen LogP contribution is -2.17. The van der Waals surface area contributed by atoms with Gasteiger partial charge in [-0.3, -0.25) is 4.98 Å².